The van der Waals surface area contributed by atoms with E-state index in [1.807, 2.05) is 53.4 Å². The largest absolute Gasteiger partial charge is 0.356 e. The maximum absolute atomic E-state index is 12.6. The SMILES string of the molecule is O=C(CCCNc1nc2c(cnn2-c2ccccc2)c(=O)[nH]1)N1CCc2ccccc21. The number of benzene rings is 2. The number of fused-ring (bicyclic) bond motifs is 2. The van der Waals surface area contributed by atoms with E-state index in [9.17, 15) is 9.59 Å². The molecule has 0 radical (unpaired) electrons. The monoisotopic (exact) mass is 414 g/mol. The zero-order valence-electron chi connectivity index (χ0n) is 16.9. The van der Waals surface area contributed by atoms with E-state index < -0.39 is 0 Å². The Kier molecular flexibility index (Phi) is 4.95. The number of nitrogens with zero attached hydrogens (tertiary/aromatic N) is 4. The molecule has 5 rings (SSSR count). The Balaban J connectivity index is 1.24. The van der Waals surface area contributed by atoms with E-state index >= 15 is 0 Å². The number of para-hydroxylation sites is 2. The lowest BCUT2D eigenvalue weighted by atomic mass is 10.2. The maximum atomic E-state index is 12.6. The Bertz CT molecular complexity index is 1290. The standard InChI is InChI=1S/C23H22N6O2/c30-20(28-14-12-16-7-4-5-10-19(16)28)11-6-13-24-23-26-21-18(22(31)27-23)15-25-29(21)17-8-2-1-3-9-17/h1-5,7-10,15H,6,11-14H2,(H2,24,26,27,31). The molecule has 0 spiro atoms. The van der Waals surface area contributed by atoms with Gasteiger partial charge in [0.2, 0.25) is 11.9 Å². The van der Waals surface area contributed by atoms with Crippen LogP contribution in [0.3, 0.4) is 0 Å². The van der Waals surface area contributed by atoms with Gasteiger partial charge in [-0.3, -0.25) is 14.6 Å². The van der Waals surface area contributed by atoms with Crippen molar-refractivity contribution in [2.75, 3.05) is 23.3 Å². The van der Waals surface area contributed by atoms with Crippen LogP contribution in [0.5, 0.6) is 0 Å². The first-order chi connectivity index (χ1) is 15.2. The van der Waals surface area contributed by atoms with Crippen molar-refractivity contribution in [1.29, 1.82) is 0 Å². The molecule has 4 aromatic rings. The van der Waals surface area contributed by atoms with Gasteiger partial charge in [-0.2, -0.15) is 10.1 Å². The van der Waals surface area contributed by atoms with Gasteiger partial charge in [0.05, 0.1) is 11.9 Å². The van der Waals surface area contributed by atoms with E-state index in [4.69, 9.17) is 0 Å². The second-order valence-corrected chi connectivity index (χ2v) is 7.50. The number of hydrogen-bond acceptors (Lipinski definition) is 5. The molecule has 1 aliphatic heterocycles. The van der Waals surface area contributed by atoms with E-state index in [0.717, 1.165) is 24.3 Å². The summed E-state index contributed by atoms with van der Waals surface area (Å²) in [4.78, 5) is 34.2. The van der Waals surface area contributed by atoms with Crippen molar-refractivity contribution in [2.45, 2.75) is 19.3 Å². The molecule has 8 nitrogen and oxygen atoms in total. The first-order valence-corrected chi connectivity index (χ1v) is 10.4. The van der Waals surface area contributed by atoms with Gasteiger partial charge >= 0.3 is 0 Å². The van der Waals surface area contributed by atoms with Crippen LogP contribution < -0.4 is 15.8 Å². The molecular weight excluding hydrogens is 392 g/mol. The third-order valence-corrected chi connectivity index (χ3v) is 5.49. The van der Waals surface area contributed by atoms with Crippen molar-refractivity contribution >= 4 is 28.6 Å². The number of anilines is 2. The van der Waals surface area contributed by atoms with Gasteiger partial charge in [-0.1, -0.05) is 36.4 Å². The molecule has 0 saturated carbocycles. The predicted octanol–water partition coefficient (Wildman–Crippen LogP) is 2.89. The number of aromatic amines is 1. The number of nitrogens with one attached hydrogen (secondary N) is 2. The highest BCUT2D eigenvalue weighted by Gasteiger charge is 2.23. The molecule has 1 aliphatic rings. The summed E-state index contributed by atoms with van der Waals surface area (Å²) in [7, 11) is 0. The second-order valence-electron chi connectivity index (χ2n) is 7.50. The average molecular weight is 414 g/mol. The Morgan fingerprint density at radius 3 is 2.77 bits per heavy atom. The summed E-state index contributed by atoms with van der Waals surface area (Å²) in [5, 5.41) is 7.87. The summed E-state index contributed by atoms with van der Waals surface area (Å²) in [6, 6.07) is 17.6. The van der Waals surface area contributed by atoms with Crippen molar-refractivity contribution in [2.24, 2.45) is 0 Å². The number of H-pyrrole nitrogens is 1. The van der Waals surface area contributed by atoms with Gasteiger partial charge in [-0.05, 0) is 36.6 Å². The molecular formula is C23H22N6O2. The zero-order chi connectivity index (χ0) is 21.2. The highest BCUT2D eigenvalue weighted by molar-refractivity contribution is 5.95. The van der Waals surface area contributed by atoms with Crippen LogP contribution in [0.4, 0.5) is 11.6 Å². The lowest BCUT2D eigenvalue weighted by Crippen LogP contribution is -2.29. The van der Waals surface area contributed by atoms with Gasteiger partial charge in [0, 0.05) is 25.2 Å². The summed E-state index contributed by atoms with van der Waals surface area (Å²) in [6.07, 6.45) is 3.48. The Morgan fingerprint density at radius 1 is 1.10 bits per heavy atom. The molecule has 0 aliphatic carbocycles. The fraction of sp³-hybridized carbons (Fsp3) is 0.217. The van der Waals surface area contributed by atoms with Gasteiger partial charge in [0.25, 0.3) is 5.56 Å². The molecule has 0 bridgehead atoms. The number of aromatic nitrogens is 4. The lowest BCUT2D eigenvalue weighted by molar-refractivity contribution is -0.118. The van der Waals surface area contributed by atoms with Gasteiger partial charge in [0.15, 0.2) is 5.65 Å². The normalized spacial score (nSPS) is 12.8. The fourth-order valence-electron chi connectivity index (χ4n) is 3.94. The number of carbonyl (C=O) groups is 1. The first kappa shape index (κ1) is 19.0. The van der Waals surface area contributed by atoms with Gasteiger partial charge in [-0.25, -0.2) is 4.68 Å². The molecule has 0 saturated heterocycles. The summed E-state index contributed by atoms with van der Waals surface area (Å²) < 4.78 is 1.64. The van der Waals surface area contributed by atoms with Crippen LogP contribution in [0.1, 0.15) is 18.4 Å². The van der Waals surface area contributed by atoms with Gasteiger partial charge in [-0.15, -0.1) is 0 Å². The molecule has 2 aromatic carbocycles. The maximum Gasteiger partial charge on any atom is 0.263 e. The number of rotatable bonds is 6. The van der Waals surface area contributed by atoms with Crippen LogP contribution >= 0.6 is 0 Å². The van der Waals surface area contributed by atoms with Gasteiger partial charge in [0.1, 0.15) is 5.39 Å². The zero-order valence-corrected chi connectivity index (χ0v) is 16.9. The van der Waals surface area contributed by atoms with Crippen molar-refractivity contribution in [1.82, 2.24) is 19.7 Å². The van der Waals surface area contributed by atoms with Crippen molar-refractivity contribution in [3.05, 3.63) is 76.7 Å². The van der Waals surface area contributed by atoms with Crippen molar-refractivity contribution in [3.8, 4) is 5.69 Å². The van der Waals surface area contributed by atoms with Crippen LogP contribution in [-0.2, 0) is 11.2 Å². The molecule has 1 amide bonds. The quantitative estimate of drug-likeness (QED) is 0.473. The van der Waals surface area contributed by atoms with Gasteiger partial charge < -0.3 is 10.2 Å². The number of amides is 1. The van der Waals surface area contributed by atoms with E-state index in [-0.39, 0.29) is 11.5 Å². The van der Waals surface area contributed by atoms with E-state index in [1.54, 1.807) is 4.68 Å². The Labute approximate surface area is 178 Å². The van der Waals surface area contributed by atoms with E-state index in [2.05, 4.69) is 26.4 Å². The van der Waals surface area contributed by atoms with Crippen molar-refractivity contribution < 1.29 is 4.79 Å². The van der Waals surface area contributed by atoms with Crippen molar-refractivity contribution in [3.63, 3.8) is 0 Å². The first-order valence-electron chi connectivity index (χ1n) is 10.4. The summed E-state index contributed by atoms with van der Waals surface area (Å²) in [6.45, 7) is 1.26. The van der Waals surface area contributed by atoms with Crippen LogP contribution in [-0.4, -0.2) is 38.7 Å². The smallest absolute Gasteiger partial charge is 0.263 e. The third kappa shape index (κ3) is 3.68. The Morgan fingerprint density at radius 2 is 1.90 bits per heavy atom. The summed E-state index contributed by atoms with van der Waals surface area (Å²) in [5.41, 5.74) is 3.31. The minimum Gasteiger partial charge on any atom is -0.356 e. The molecule has 2 N–H and O–H groups in total. The summed E-state index contributed by atoms with van der Waals surface area (Å²) >= 11 is 0. The third-order valence-electron chi connectivity index (χ3n) is 5.49. The molecule has 31 heavy (non-hydrogen) atoms. The minimum absolute atomic E-state index is 0.116. The Hall–Kier alpha value is -3.94. The fourth-order valence-corrected chi connectivity index (χ4v) is 3.94. The molecule has 0 fully saturated rings. The molecule has 2 aromatic heterocycles. The molecule has 0 unspecified atom stereocenters. The van der Waals surface area contributed by atoms with Crippen LogP contribution in [0.25, 0.3) is 16.7 Å². The number of hydrogen-bond donors (Lipinski definition) is 2. The van der Waals surface area contributed by atoms with E-state index in [0.29, 0.717) is 36.4 Å². The highest BCUT2D eigenvalue weighted by Crippen LogP contribution is 2.28. The van der Waals surface area contributed by atoms with Crippen LogP contribution in [0.15, 0.2) is 65.6 Å². The molecule has 0 atom stereocenters. The molecule has 8 heteroatoms. The number of carbonyl (C=O) groups excluding carboxylic acids is 1. The predicted molar refractivity (Wildman–Crippen MR) is 120 cm³/mol. The molecule has 156 valence electrons. The van der Waals surface area contributed by atoms with E-state index in [1.165, 1.54) is 11.8 Å². The van der Waals surface area contributed by atoms with Crippen LogP contribution in [0.2, 0.25) is 0 Å². The lowest BCUT2D eigenvalue weighted by Gasteiger charge is -2.17. The second kappa shape index (κ2) is 8.06. The minimum atomic E-state index is -0.251. The topological polar surface area (TPSA) is 95.9 Å². The highest BCUT2D eigenvalue weighted by atomic mass is 16.2. The molecule has 3 heterocycles. The summed E-state index contributed by atoms with van der Waals surface area (Å²) in [5.74, 6) is 0.486. The van der Waals surface area contributed by atoms with Crippen LogP contribution in [0, 0.1) is 0 Å². The average Bonchev–Trinajstić information content (AvgIpc) is 3.42.